The molecule has 0 unspecified atom stereocenters. The van der Waals surface area contributed by atoms with Gasteiger partial charge < -0.3 is 10.0 Å². The van der Waals surface area contributed by atoms with Crippen LogP contribution in [0.3, 0.4) is 0 Å². The summed E-state index contributed by atoms with van der Waals surface area (Å²) in [5.41, 5.74) is 0. The molecule has 144 valence electrons. The molecule has 3 rings (SSSR count). The van der Waals surface area contributed by atoms with Crippen LogP contribution in [0.25, 0.3) is 0 Å². The van der Waals surface area contributed by atoms with Gasteiger partial charge in [0.2, 0.25) is 5.91 Å². The Kier molecular flexibility index (Phi) is 5.91. The molecule has 2 heterocycles. The summed E-state index contributed by atoms with van der Waals surface area (Å²) in [6.45, 7) is 0.960. The van der Waals surface area contributed by atoms with Crippen LogP contribution < -0.4 is 0 Å². The van der Waals surface area contributed by atoms with E-state index in [0.29, 0.717) is 17.2 Å². The molecule has 26 heavy (non-hydrogen) atoms. The van der Waals surface area contributed by atoms with Crippen molar-refractivity contribution in [1.82, 2.24) is 9.21 Å². The summed E-state index contributed by atoms with van der Waals surface area (Å²) >= 11 is 6.84. The highest BCUT2D eigenvalue weighted by Crippen LogP contribution is 2.33. The first-order valence-corrected chi connectivity index (χ1v) is 11.2. The Morgan fingerprint density at radius 3 is 2.23 bits per heavy atom. The van der Waals surface area contributed by atoms with Crippen molar-refractivity contribution in [3.8, 4) is 0 Å². The van der Waals surface area contributed by atoms with Crippen molar-refractivity contribution >= 4 is 44.8 Å². The maximum absolute atomic E-state index is 12.8. The van der Waals surface area contributed by atoms with E-state index in [4.69, 9.17) is 11.6 Å². The first-order valence-electron chi connectivity index (χ1n) is 8.58. The number of halogens is 1. The topological polar surface area (TPSA) is 95.0 Å². The van der Waals surface area contributed by atoms with E-state index >= 15 is 0 Å². The average molecular weight is 421 g/mol. The van der Waals surface area contributed by atoms with Gasteiger partial charge in [-0.05, 0) is 25.0 Å². The highest BCUT2D eigenvalue weighted by molar-refractivity contribution is 7.91. The molecule has 2 aliphatic rings. The molecule has 0 aromatic carbocycles. The second-order valence-electron chi connectivity index (χ2n) is 6.62. The van der Waals surface area contributed by atoms with Crippen molar-refractivity contribution in [2.45, 2.75) is 29.9 Å². The van der Waals surface area contributed by atoms with E-state index in [1.54, 1.807) is 11.0 Å². The summed E-state index contributed by atoms with van der Waals surface area (Å²) in [6, 6.07) is 3.04. The molecule has 1 aliphatic carbocycles. The van der Waals surface area contributed by atoms with E-state index < -0.39 is 27.8 Å². The van der Waals surface area contributed by atoms with Crippen LogP contribution in [0.15, 0.2) is 16.3 Å². The fourth-order valence-corrected chi connectivity index (χ4v) is 6.73. The zero-order valence-corrected chi connectivity index (χ0v) is 16.5. The van der Waals surface area contributed by atoms with Gasteiger partial charge in [-0.15, -0.1) is 11.3 Å². The minimum absolute atomic E-state index is 0.159. The molecule has 0 radical (unpaired) electrons. The lowest BCUT2D eigenvalue weighted by molar-refractivity contribution is -0.152. The summed E-state index contributed by atoms with van der Waals surface area (Å²) in [4.78, 5) is 25.8. The molecule has 10 heteroatoms. The van der Waals surface area contributed by atoms with Crippen LogP contribution in [-0.2, 0) is 19.6 Å². The van der Waals surface area contributed by atoms with Crippen molar-refractivity contribution in [3.05, 3.63) is 16.5 Å². The zero-order valence-electron chi connectivity index (χ0n) is 14.1. The second-order valence-corrected chi connectivity index (χ2v) is 10.5. The predicted molar refractivity (Wildman–Crippen MR) is 97.8 cm³/mol. The predicted octanol–water partition coefficient (Wildman–Crippen LogP) is 2.13. The van der Waals surface area contributed by atoms with Gasteiger partial charge in [0.05, 0.1) is 16.2 Å². The summed E-state index contributed by atoms with van der Waals surface area (Å²) in [6.07, 6.45) is 2.80. The first-order chi connectivity index (χ1) is 12.3. The number of carboxylic acids is 1. The fourth-order valence-electron chi connectivity index (χ4n) is 3.67. The molecule has 0 bridgehead atoms. The molecular formula is C16H21ClN2O5S2. The van der Waals surface area contributed by atoms with Crippen molar-refractivity contribution in [2.24, 2.45) is 11.8 Å². The maximum atomic E-state index is 12.8. The number of amides is 1. The molecule has 2 atom stereocenters. The van der Waals surface area contributed by atoms with Crippen molar-refractivity contribution in [2.75, 3.05) is 26.2 Å². The zero-order chi connectivity index (χ0) is 18.9. The number of rotatable bonds is 4. The lowest BCUT2D eigenvalue weighted by Gasteiger charge is -2.37. The van der Waals surface area contributed by atoms with Gasteiger partial charge in [-0.3, -0.25) is 9.59 Å². The number of carboxylic acid groups (broad SMARTS) is 1. The highest BCUT2D eigenvalue weighted by Gasteiger charge is 2.39. The average Bonchev–Trinajstić information content (AvgIpc) is 3.08. The molecular weight excluding hydrogens is 400 g/mol. The van der Waals surface area contributed by atoms with Crippen molar-refractivity contribution < 1.29 is 23.1 Å². The molecule has 1 amide bonds. The van der Waals surface area contributed by atoms with Crippen LogP contribution in [0.4, 0.5) is 0 Å². The van der Waals surface area contributed by atoms with Crippen molar-refractivity contribution in [3.63, 3.8) is 0 Å². The van der Waals surface area contributed by atoms with E-state index in [9.17, 15) is 23.1 Å². The monoisotopic (exact) mass is 420 g/mol. The Bertz CT molecular complexity index is 786. The first kappa shape index (κ1) is 19.6. The summed E-state index contributed by atoms with van der Waals surface area (Å²) in [7, 11) is -3.60. The second kappa shape index (κ2) is 7.84. The molecule has 7 nitrogen and oxygen atoms in total. The van der Waals surface area contributed by atoms with Gasteiger partial charge in [0.25, 0.3) is 10.0 Å². The largest absolute Gasteiger partial charge is 0.481 e. The smallest absolute Gasteiger partial charge is 0.307 e. The molecule has 1 aliphatic heterocycles. The van der Waals surface area contributed by atoms with E-state index in [0.717, 1.165) is 24.2 Å². The van der Waals surface area contributed by atoms with Gasteiger partial charge in [-0.2, -0.15) is 4.31 Å². The Hall–Kier alpha value is -1.16. The Morgan fingerprint density at radius 2 is 1.69 bits per heavy atom. The minimum atomic E-state index is -3.60. The van der Waals surface area contributed by atoms with Crippen LogP contribution in [0, 0.1) is 11.8 Å². The minimum Gasteiger partial charge on any atom is -0.481 e. The van der Waals surface area contributed by atoms with E-state index in [1.165, 1.54) is 10.4 Å². The Morgan fingerprint density at radius 1 is 1.08 bits per heavy atom. The SMILES string of the molecule is O=C(O)[C@H]1CCCC[C@H]1C(=O)N1CCN(S(=O)(=O)c2ccc(Cl)s2)CC1. The molecule has 1 N–H and O–H groups in total. The van der Waals surface area contributed by atoms with Crippen LogP contribution >= 0.6 is 22.9 Å². The number of aliphatic carboxylic acids is 1. The molecule has 1 saturated heterocycles. The molecule has 1 saturated carbocycles. The maximum Gasteiger partial charge on any atom is 0.307 e. The highest BCUT2D eigenvalue weighted by atomic mass is 35.5. The lowest BCUT2D eigenvalue weighted by atomic mass is 9.78. The lowest BCUT2D eigenvalue weighted by Crippen LogP contribution is -2.53. The number of hydrogen-bond acceptors (Lipinski definition) is 5. The number of carbonyl (C=O) groups excluding carboxylic acids is 1. The molecule has 1 aromatic heterocycles. The van der Waals surface area contributed by atoms with E-state index in [-0.39, 0.29) is 36.3 Å². The van der Waals surface area contributed by atoms with Gasteiger partial charge in [0.1, 0.15) is 4.21 Å². The van der Waals surface area contributed by atoms with Crippen LogP contribution in [0.2, 0.25) is 4.34 Å². The quantitative estimate of drug-likeness (QED) is 0.805. The number of nitrogens with zero attached hydrogens (tertiary/aromatic N) is 2. The van der Waals surface area contributed by atoms with Crippen LogP contribution in [0.1, 0.15) is 25.7 Å². The van der Waals surface area contributed by atoms with E-state index in [1.807, 2.05) is 0 Å². The number of thiophene rings is 1. The number of hydrogen-bond donors (Lipinski definition) is 1. The summed E-state index contributed by atoms with van der Waals surface area (Å²) in [5, 5.41) is 9.36. The normalized spacial score (nSPS) is 25.2. The fraction of sp³-hybridized carbons (Fsp3) is 0.625. The van der Waals surface area contributed by atoms with Gasteiger partial charge in [-0.25, -0.2) is 8.42 Å². The molecule has 1 aromatic rings. The van der Waals surface area contributed by atoms with Crippen molar-refractivity contribution in [1.29, 1.82) is 0 Å². The van der Waals surface area contributed by atoms with Crippen LogP contribution in [-0.4, -0.2) is 60.8 Å². The standard InChI is InChI=1S/C16H21ClN2O5S2/c17-13-5-6-14(25-13)26(23,24)19-9-7-18(8-10-19)15(20)11-3-1-2-4-12(11)16(21)22/h5-6,11-12H,1-4,7-10H2,(H,21,22)/t11-,12+/m1/s1. The van der Waals surface area contributed by atoms with Gasteiger partial charge in [0.15, 0.2) is 0 Å². The van der Waals surface area contributed by atoms with Gasteiger partial charge in [0, 0.05) is 26.2 Å². The molecule has 0 spiro atoms. The third kappa shape index (κ3) is 3.90. The number of sulfonamides is 1. The van der Waals surface area contributed by atoms with Gasteiger partial charge >= 0.3 is 5.97 Å². The molecule has 2 fully saturated rings. The third-order valence-electron chi connectivity index (χ3n) is 5.09. The van der Waals surface area contributed by atoms with E-state index in [2.05, 4.69) is 0 Å². The summed E-state index contributed by atoms with van der Waals surface area (Å²) in [5.74, 6) is -2.21. The Balaban J connectivity index is 1.64. The third-order valence-corrected chi connectivity index (χ3v) is 8.69. The summed E-state index contributed by atoms with van der Waals surface area (Å²) < 4.78 is 27.2. The Labute approximate surface area is 161 Å². The number of carbonyl (C=O) groups is 2. The number of piperazine rings is 1. The van der Waals surface area contributed by atoms with Crippen LogP contribution in [0.5, 0.6) is 0 Å². The van der Waals surface area contributed by atoms with Gasteiger partial charge in [-0.1, -0.05) is 24.4 Å².